The molecule has 0 aliphatic carbocycles. The Kier molecular flexibility index (Phi) is 5.99. The maximum absolute atomic E-state index is 13.0. The van der Waals surface area contributed by atoms with Crippen molar-refractivity contribution >= 4 is 11.8 Å². The molecule has 5 nitrogen and oxygen atoms in total. The molecule has 0 aromatic heterocycles. The van der Waals surface area contributed by atoms with Gasteiger partial charge in [0.2, 0.25) is 5.91 Å². The number of hydrogen-bond donors (Lipinski definition) is 1. The number of aryl methyl sites for hydroxylation is 1. The molecule has 1 heterocycles. The average Bonchev–Trinajstić information content (AvgIpc) is 2.54. The molecule has 2 rings (SSSR count). The minimum atomic E-state index is -0.536. The van der Waals surface area contributed by atoms with Crippen LogP contribution in [0.2, 0.25) is 0 Å². The number of rotatable bonds is 4. The van der Waals surface area contributed by atoms with E-state index in [0.717, 1.165) is 5.56 Å². The fraction of sp³-hybridized carbons (Fsp3) is 0.579. The highest BCUT2D eigenvalue weighted by Gasteiger charge is 2.35. The first-order chi connectivity index (χ1) is 11.3. The van der Waals surface area contributed by atoms with Crippen molar-refractivity contribution in [3.05, 3.63) is 35.4 Å². The Morgan fingerprint density at radius 3 is 2.42 bits per heavy atom. The molecule has 3 unspecified atom stereocenters. The van der Waals surface area contributed by atoms with Gasteiger partial charge in [0, 0.05) is 12.1 Å². The maximum Gasteiger partial charge on any atom is 0.251 e. The van der Waals surface area contributed by atoms with Crippen molar-refractivity contribution in [2.45, 2.75) is 52.8 Å². The van der Waals surface area contributed by atoms with Crippen molar-refractivity contribution in [2.24, 2.45) is 5.92 Å². The van der Waals surface area contributed by atoms with Gasteiger partial charge in [-0.2, -0.15) is 0 Å². The van der Waals surface area contributed by atoms with E-state index in [0.29, 0.717) is 18.7 Å². The van der Waals surface area contributed by atoms with Crippen LogP contribution in [-0.4, -0.2) is 48.1 Å². The number of nitrogens with one attached hydrogen (secondary N) is 1. The van der Waals surface area contributed by atoms with Gasteiger partial charge in [-0.3, -0.25) is 9.59 Å². The number of morpholine rings is 1. The highest BCUT2D eigenvalue weighted by Crippen LogP contribution is 2.17. The van der Waals surface area contributed by atoms with Crippen molar-refractivity contribution in [1.82, 2.24) is 10.2 Å². The van der Waals surface area contributed by atoms with Crippen LogP contribution in [0.1, 0.15) is 43.6 Å². The molecule has 5 heteroatoms. The largest absolute Gasteiger partial charge is 0.375 e. The van der Waals surface area contributed by atoms with Crippen LogP contribution >= 0.6 is 0 Å². The lowest BCUT2D eigenvalue weighted by Gasteiger charge is -2.40. The molecule has 1 fully saturated rings. The van der Waals surface area contributed by atoms with Gasteiger partial charge < -0.3 is 15.0 Å². The van der Waals surface area contributed by atoms with E-state index in [1.54, 1.807) is 12.1 Å². The number of amides is 2. The number of benzene rings is 1. The standard InChI is InChI=1S/C19H28N2O3/c1-12(2)17(19(23)21-10-11-24-15(5)14(21)4)20-18(22)16-8-6-13(3)7-9-16/h6-9,12,14-15,17H,10-11H2,1-5H3,(H,20,22). The smallest absolute Gasteiger partial charge is 0.251 e. The topological polar surface area (TPSA) is 58.6 Å². The highest BCUT2D eigenvalue weighted by molar-refractivity contribution is 5.97. The maximum atomic E-state index is 13.0. The summed E-state index contributed by atoms with van der Waals surface area (Å²) >= 11 is 0. The van der Waals surface area contributed by atoms with E-state index in [1.165, 1.54) is 0 Å². The Bertz CT molecular complexity index is 583. The molecular formula is C19H28N2O3. The third-order valence-corrected chi connectivity index (χ3v) is 4.70. The van der Waals surface area contributed by atoms with E-state index in [9.17, 15) is 9.59 Å². The quantitative estimate of drug-likeness (QED) is 0.921. The molecule has 1 aromatic carbocycles. The Labute approximate surface area is 144 Å². The second-order valence-electron chi connectivity index (χ2n) is 6.91. The third kappa shape index (κ3) is 4.15. The molecule has 1 aromatic rings. The minimum absolute atomic E-state index is 0.00307. The molecule has 24 heavy (non-hydrogen) atoms. The van der Waals surface area contributed by atoms with E-state index < -0.39 is 6.04 Å². The lowest BCUT2D eigenvalue weighted by atomic mass is 10.00. The highest BCUT2D eigenvalue weighted by atomic mass is 16.5. The van der Waals surface area contributed by atoms with Gasteiger partial charge >= 0.3 is 0 Å². The fourth-order valence-electron chi connectivity index (χ4n) is 2.87. The zero-order valence-electron chi connectivity index (χ0n) is 15.2. The summed E-state index contributed by atoms with van der Waals surface area (Å²) in [6.45, 7) is 10.9. The number of ether oxygens (including phenoxy) is 1. The molecule has 2 amide bonds. The minimum Gasteiger partial charge on any atom is -0.375 e. The van der Waals surface area contributed by atoms with Crippen molar-refractivity contribution in [1.29, 1.82) is 0 Å². The monoisotopic (exact) mass is 332 g/mol. The molecule has 1 aliphatic heterocycles. The summed E-state index contributed by atoms with van der Waals surface area (Å²) in [4.78, 5) is 27.3. The number of carbonyl (C=O) groups excluding carboxylic acids is 2. The van der Waals surface area contributed by atoms with Crippen LogP contribution in [0.4, 0.5) is 0 Å². The van der Waals surface area contributed by atoms with Gasteiger partial charge in [0.15, 0.2) is 0 Å². The van der Waals surface area contributed by atoms with Crippen LogP contribution < -0.4 is 5.32 Å². The Morgan fingerprint density at radius 2 is 1.83 bits per heavy atom. The van der Waals surface area contributed by atoms with Gasteiger partial charge in [-0.1, -0.05) is 31.5 Å². The fourth-order valence-corrected chi connectivity index (χ4v) is 2.87. The van der Waals surface area contributed by atoms with Gasteiger partial charge in [0.1, 0.15) is 6.04 Å². The second-order valence-corrected chi connectivity index (χ2v) is 6.91. The summed E-state index contributed by atoms with van der Waals surface area (Å²) in [5, 5.41) is 2.91. The van der Waals surface area contributed by atoms with Gasteiger partial charge in [-0.15, -0.1) is 0 Å². The van der Waals surface area contributed by atoms with Crippen molar-refractivity contribution < 1.29 is 14.3 Å². The first kappa shape index (κ1) is 18.5. The first-order valence-corrected chi connectivity index (χ1v) is 8.61. The number of carbonyl (C=O) groups is 2. The number of nitrogens with zero attached hydrogens (tertiary/aromatic N) is 1. The Balaban J connectivity index is 2.12. The summed E-state index contributed by atoms with van der Waals surface area (Å²) in [5.41, 5.74) is 1.67. The van der Waals surface area contributed by atoms with Crippen LogP contribution in [0, 0.1) is 12.8 Å². The van der Waals surface area contributed by atoms with E-state index in [-0.39, 0.29) is 29.9 Å². The van der Waals surface area contributed by atoms with E-state index in [4.69, 9.17) is 4.74 Å². The zero-order chi connectivity index (χ0) is 17.9. The molecule has 132 valence electrons. The molecule has 0 bridgehead atoms. The normalized spacial score (nSPS) is 22.3. The van der Waals surface area contributed by atoms with Gasteiger partial charge in [0.05, 0.1) is 18.8 Å². The molecule has 1 aliphatic rings. The van der Waals surface area contributed by atoms with Crippen LogP contribution in [-0.2, 0) is 9.53 Å². The zero-order valence-corrected chi connectivity index (χ0v) is 15.2. The van der Waals surface area contributed by atoms with Crippen LogP contribution in [0.5, 0.6) is 0 Å². The third-order valence-electron chi connectivity index (χ3n) is 4.70. The van der Waals surface area contributed by atoms with Crippen LogP contribution in [0.15, 0.2) is 24.3 Å². The Hall–Kier alpha value is -1.88. The summed E-state index contributed by atoms with van der Waals surface area (Å²) in [5.74, 6) is -0.235. The molecular weight excluding hydrogens is 304 g/mol. The first-order valence-electron chi connectivity index (χ1n) is 8.61. The SMILES string of the molecule is Cc1ccc(C(=O)NC(C(=O)N2CCOC(C)C2C)C(C)C)cc1. The number of hydrogen-bond acceptors (Lipinski definition) is 3. The van der Waals surface area contributed by atoms with E-state index in [1.807, 2.05) is 51.7 Å². The van der Waals surface area contributed by atoms with Gasteiger partial charge in [0.25, 0.3) is 5.91 Å². The van der Waals surface area contributed by atoms with Crippen molar-refractivity contribution in [2.75, 3.05) is 13.2 Å². The predicted molar refractivity (Wildman–Crippen MR) is 93.9 cm³/mol. The van der Waals surface area contributed by atoms with Gasteiger partial charge in [-0.25, -0.2) is 0 Å². The molecule has 1 saturated heterocycles. The molecule has 3 atom stereocenters. The van der Waals surface area contributed by atoms with Crippen LogP contribution in [0.3, 0.4) is 0 Å². The molecule has 0 radical (unpaired) electrons. The molecule has 1 N–H and O–H groups in total. The average molecular weight is 332 g/mol. The van der Waals surface area contributed by atoms with Crippen LogP contribution in [0.25, 0.3) is 0 Å². The van der Waals surface area contributed by atoms with E-state index in [2.05, 4.69) is 5.32 Å². The molecule has 0 spiro atoms. The Morgan fingerprint density at radius 1 is 1.21 bits per heavy atom. The molecule has 0 saturated carbocycles. The van der Waals surface area contributed by atoms with E-state index >= 15 is 0 Å². The lowest BCUT2D eigenvalue weighted by molar-refractivity contribution is -0.147. The predicted octanol–water partition coefficient (Wildman–Crippen LogP) is 2.39. The lowest BCUT2D eigenvalue weighted by Crippen LogP contribution is -2.58. The summed E-state index contributed by atoms with van der Waals surface area (Å²) < 4.78 is 5.59. The summed E-state index contributed by atoms with van der Waals surface area (Å²) in [6.07, 6.45) is 0.00307. The van der Waals surface area contributed by atoms with Crippen molar-refractivity contribution in [3.63, 3.8) is 0 Å². The second kappa shape index (κ2) is 7.79. The summed E-state index contributed by atoms with van der Waals surface area (Å²) in [6, 6.07) is 6.83. The van der Waals surface area contributed by atoms with Gasteiger partial charge in [-0.05, 0) is 38.8 Å². The summed E-state index contributed by atoms with van der Waals surface area (Å²) in [7, 11) is 0. The van der Waals surface area contributed by atoms with Crippen molar-refractivity contribution in [3.8, 4) is 0 Å².